The number of aromatic amines is 1. The maximum atomic E-state index is 13.6. The van der Waals surface area contributed by atoms with Gasteiger partial charge in [-0.15, -0.1) is 0 Å². The standard InChI is InChI=1S/C18H23FN6O/c1-11-20-10-15(19)17(23-11)21-9-12-5-18(6-12)7-14(8-18)24-16(26)4-13-2-3-22-25-13/h2-3,10,12,14H,4-9H2,1H3,(H,22,25)(H,24,26)(H,20,21,23). The molecule has 2 aliphatic carbocycles. The first-order valence-electron chi connectivity index (χ1n) is 9.02. The summed E-state index contributed by atoms with van der Waals surface area (Å²) in [6, 6.07) is 2.09. The zero-order valence-electron chi connectivity index (χ0n) is 14.8. The molecule has 2 fully saturated rings. The fourth-order valence-electron chi connectivity index (χ4n) is 4.39. The van der Waals surface area contributed by atoms with Crippen LogP contribution in [0.3, 0.4) is 0 Å². The Balaban J connectivity index is 1.17. The fourth-order valence-corrected chi connectivity index (χ4v) is 4.39. The van der Waals surface area contributed by atoms with Gasteiger partial charge in [-0.05, 0) is 50.0 Å². The van der Waals surface area contributed by atoms with Gasteiger partial charge in [-0.2, -0.15) is 5.10 Å². The van der Waals surface area contributed by atoms with Crippen LogP contribution in [0.5, 0.6) is 0 Å². The zero-order valence-corrected chi connectivity index (χ0v) is 14.8. The highest BCUT2D eigenvalue weighted by molar-refractivity contribution is 5.78. The van der Waals surface area contributed by atoms with E-state index in [0.717, 1.165) is 37.9 Å². The summed E-state index contributed by atoms with van der Waals surface area (Å²) in [5.74, 6) is 1.02. The van der Waals surface area contributed by atoms with E-state index in [-0.39, 0.29) is 17.8 Å². The van der Waals surface area contributed by atoms with Crippen LogP contribution >= 0.6 is 0 Å². The average Bonchev–Trinajstić information content (AvgIpc) is 3.03. The molecule has 7 nitrogen and oxygen atoms in total. The van der Waals surface area contributed by atoms with Gasteiger partial charge in [-0.3, -0.25) is 9.89 Å². The van der Waals surface area contributed by atoms with Gasteiger partial charge in [0.2, 0.25) is 5.91 Å². The summed E-state index contributed by atoms with van der Waals surface area (Å²) >= 11 is 0. The Hall–Kier alpha value is -2.51. The molecule has 4 rings (SSSR count). The van der Waals surface area contributed by atoms with Crippen LogP contribution in [-0.4, -0.2) is 38.7 Å². The third-order valence-electron chi connectivity index (χ3n) is 5.50. The minimum atomic E-state index is -0.409. The second-order valence-electron chi connectivity index (χ2n) is 7.70. The van der Waals surface area contributed by atoms with Crippen LogP contribution in [0.25, 0.3) is 0 Å². The minimum absolute atomic E-state index is 0.0428. The third kappa shape index (κ3) is 3.54. The van der Waals surface area contributed by atoms with Gasteiger partial charge in [-0.25, -0.2) is 14.4 Å². The number of H-pyrrole nitrogens is 1. The van der Waals surface area contributed by atoms with E-state index in [0.29, 0.717) is 23.6 Å². The quantitative estimate of drug-likeness (QED) is 0.734. The van der Waals surface area contributed by atoms with Crippen LogP contribution in [0.1, 0.15) is 37.2 Å². The van der Waals surface area contributed by atoms with E-state index in [9.17, 15) is 9.18 Å². The second kappa shape index (κ2) is 6.66. The van der Waals surface area contributed by atoms with Crippen molar-refractivity contribution in [3.63, 3.8) is 0 Å². The highest BCUT2D eigenvalue weighted by Gasteiger charge is 2.52. The van der Waals surface area contributed by atoms with Crippen LogP contribution in [0, 0.1) is 24.1 Å². The van der Waals surface area contributed by atoms with E-state index >= 15 is 0 Å². The Kier molecular flexibility index (Phi) is 4.34. The lowest BCUT2D eigenvalue weighted by Gasteiger charge is -2.58. The summed E-state index contributed by atoms with van der Waals surface area (Å²) in [4.78, 5) is 19.9. The van der Waals surface area contributed by atoms with E-state index in [1.807, 2.05) is 6.07 Å². The number of carbonyl (C=O) groups excluding carboxylic acids is 1. The van der Waals surface area contributed by atoms with Crippen molar-refractivity contribution in [1.82, 2.24) is 25.5 Å². The summed E-state index contributed by atoms with van der Waals surface area (Å²) < 4.78 is 13.6. The number of aryl methyl sites for hydroxylation is 1. The highest BCUT2D eigenvalue weighted by Crippen LogP contribution is 2.58. The Bertz CT molecular complexity index is 779. The number of nitrogens with zero attached hydrogens (tertiary/aromatic N) is 3. The molecular weight excluding hydrogens is 335 g/mol. The monoisotopic (exact) mass is 358 g/mol. The number of carbonyl (C=O) groups is 1. The number of nitrogens with one attached hydrogen (secondary N) is 3. The van der Waals surface area contributed by atoms with Crippen LogP contribution < -0.4 is 10.6 Å². The van der Waals surface area contributed by atoms with Crippen LogP contribution in [0.4, 0.5) is 10.2 Å². The molecule has 0 radical (unpaired) electrons. The normalized spacial score (nSPS) is 26.8. The molecule has 0 saturated heterocycles. The summed E-state index contributed by atoms with van der Waals surface area (Å²) in [6.45, 7) is 2.48. The predicted octanol–water partition coefficient (Wildman–Crippen LogP) is 1.98. The third-order valence-corrected chi connectivity index (χ3v) is 5.50. The minimum Gasteiger partial charge on any atom is -0.367 e. The lowest BCUT2D eigenvalue weighted by molar-refractivity contribution is -0.124. The molecule has 1 spiro atoms. The molecule has 26 heavy (non-hydrogen) atoms. The van der Waals surface area contributed by atoms with Crippen molar-refractivity contribution in [3.8, 4) is 0 Å². The molecule has 0 atom stereocenters. The van der Waals surface area contributed by atoms with Gasteiger partial charge in [0.25, 0.3) is 0 Å². The van der Waals surface area contributed by atoms with Crippen molar-refractivity contribution in [2.24, 2.45) is 11.3 Å². The molecule has 2 heterocycles. The molecule has 0 aromatic carbocycles. The number of rotatable bonds is 6. The molecule has 2 aromatic rings. The molecular formula is C18H23FN6O. The smallest absolute Gasteiger partial charge is 0.226 e. The number of aromatic nitrogens is 4. The number of hydrogen-bond donors (Lipinski definition) is 3. The first-order chi connectivity index (χ1) is 12.5. The molecule has 0 unspecified atom stereocenters. The second-order valence-corrected chi connectivity index (χ2v) is 7.70. The van der Waals surface area contributed by atoms with Crippen molar-refractivity contribution in [2.75, 3.05) is 11.9 Å². The van der Waals surface area contributed by atoms with Crippen molar-refractivity contribution < 1.29 is 9.18 Å². The van der Waals surface area contributed by atoms with Gasteiger partial charge < -0.3 is 10.6 Å². The molecule has 8 heteroatoms. The zero-order chi connectivity index (χ0) is 18.1. The van der Waals surface area contributed by atoms with Crippen LogP contribution in [0.2, 0.25) is 0 Å². The Morgan fingerprint density at radius 1 is 1.38 bits per heavy atom. The Labute approximate surface area is 151 Å². The lowest BCUT2D eigenvalue weighted by Crippen LogP contribution is -2.57. The maximum absolute atomic E-state index is 13.6. The summed E-state index contributed by atoms with van der Waals surface area (Å²) in [7, 11) is 0. The van der Waals surface area contributed by atoms with Crippen molar-refractivity contribution in [3.05, 3.63) is 35.8 Å². The summed E-state index contributed by atoms with van der Waals surface area (Å²) in [5.41, 5.74) is 1.21. The van der Waals surface area contributed by atoms with E-state index in [1.54, 1.807) is 13.1 Å². The number of amides is 1. The van der Waals surface area contributed by atoms with Gasteiger partial charge in [0.1, 0.15) is 5.82 Å². The summed E-state index contributed by atoms with van der Waals surface area (Å²) in [5, 5.41) is 12.9. The van der Waals surface area contributed by atoms with Gasteiger partial charge in [-0.1, -0.05) is 0 Å². The predicted molar refractivity (Wildman–Crippen MR) is 93.8 cm³/mol. The largest absolute Gasteiger partial charge is 0.367 e. The molecule has 138 valence electrons. The molecule has 1 amide bonds. The maximum Gasteiger partial charge on any atom is 0.226 e. The lowest BCUT2D eigenvalue weighted by atomic mass is 9.50. The van der Waals surface area contributed by atoms with Gasteiger partial charge >= 0.3 is 0 Å². The van der Waals surface area contributed by atoms with Gasteiger partial charge in [0, 0.05) is 24.5 Å². The van der Waals surface area contributed by atoms with E-state index in [4.69, 9.17) is 0 Å². The van der Waals surface area contributed by atoms with Crippen molar-refractivity contribution in [2.45, 2.75) is 45.1 Å². The Morgan fingerprint density at radius 3 is 2.92 bits per heavy atom. The number of anilines is 1. The van der Waals surface area contributed by atoms with Crippen molar-refractivity contribution in [1.29, 1.82) is 0 Å². The first kappa shape index (κ1) is 16.9. The van der Waals surface area contributed by atoms with Gasteiger partial charge in [0.05, 0.1) is 12.6 Å². The van der Waals surface area contributed by atoms with E-state index in [2.05, 4.69) is 30.8 Å². The van der Waals surface area contributed by atoms with Crippen LogP contribution in [0.15, 0.2) is 18.5 Å². The summed E-state index contributed by atoms with van der Waals surface area (Å²) in [6.07, 6.45) is 7.53. The number of hydrogen-bond acceptors (Lipinski definition) is 5. The molecule has 2 saturated carbocycles. The van der Waals surface area contributed by atoms with Crippen molar-refractivity contribution >= 4 is 11.7 Å². The molecule has 0 bridgehead atoms. The molecule has 2 aromatic heterocycles. The highest BCUT2D eigenvalue weighted by atomic mass is 19.1. The molecule has 2 aliphatic rings. The first-order valence-corrected chi connectivity index (χ1v) is 9.02. The molecule has 3 N–H and O–H groups in total. The van der Waals surface area contributed by atoms with Crippen LogP contribution in [-0.2, 0) is 11.2 Å². The van der Waals surface area contributed by atoms with E-state index < -0.39 is 5.82 Å². The number of halogens is 1. The SMILES string of the molecule is Cc1ncc(F)c(NCC2CC3(C2)CC(NC(=O)Cc2ccn[nH]2)C3)n1. The molecule has 0 aliphatic heterocycles. The average molecular weight is 358 g/mol. The van der Waals surface area contributed by atoms with E-state index in [1.165, 1.54) is 6.20 Å². The fraction of sp³-hybridized carbons (Fsp3) is 0.556. The van der Waals surface area contributed by atoms with Gasteiger partial charge in [0.15, 0.2) is 11.6 Å². The topological polar surface area (TPSA) is 95.6 Å². The Morgan fingerprint density at radius 2 is 2.19 bits per heavy atom.